The van der Waals surface area contributed by atoms with Gasteiger partial charge in [-0.05, 0) is 45.1 Å². The third-order valence-electron chi connectivity index (χ3n) is 3.87. The maximum absolute atomic E-state index is 12.9. The molecule has 0 unspecified atom stereocenters. The first kappa shape index (κ1) is 15.4. The molecular formula is C15H22BrN3O. The van der Waals surface area contributed by atoms with Gasteiger partial charge in [0.05, 0.1) is 17.0 Å². The molecular weight excluding hydrogens is 318 g/mol. The van der Waals surface area contributed by atoms with Gasteiger partial charge in [-0.3, -0.25) is 4.79 Å². The zero-order valence-corrected chi connectivity index (χ0v) is 13.8. The van der Waals surface area contributed by atoms with E-state index in [1.807, 2.05) is 24.8 Å². The van der Waals surface area contributed by atoms with Crippen LogP contribution in [-0.4, -0.2) is 38.9 Å². The summed E-state index contributed by atoms with van der Waals surface area (Å²) in [5, 5.41) is 9.17. The number of hydrogen-bond donors (Lipinski definition) is 0. The van der Waals surface area contributed by atoms with Crippen LogP contribution in [0.5, 0.6) is 0 Å². The second-order valence-electron chi connectivity index (χ2n) is 5.33. The minimum absolute atomic E-state index is 0.130. The zero-order chi connectivity index (χ0) is 14.5. The Morgan fingerprint density at radius 2 is 2.20 bits per heavy atom. The molecule has 1 heterocycles. The number of alkyl halides is 1. The Labute approximate surface area is 129 Å². The molecule has 5 heteroatoms. The second-order valence-corrected chi connectivity index (χ2v) is 6.12. The van der Waals surface area contributed by atoms with Gasteiger partial charge in [-0.25, -0.2) is 0 Å². The van der Waals surface area contributed by atoms with Crippen LogP contribution in [0.25, 0.3) is 0 Å². The Morgan fingerprint density at radius 1 is 1.45 bits per heavy atom. The zero-order valence-electron chi connectivity index (χ0n) is 12.2. The molecule has 20 heavy (non-hydrogen) atoms. The van der Waals surface area contributed by atoms with E-state index < -0.39 is 0 Å². The van der Waals surface area contributed by atoms with Crippen molar-refractivity contribution >= 4 is 21.8 Å². The third kappa shape index (κ3) is 3.37. The van der Waals surface area contributed by atoms with Crippen molar-refractivity contribution in [1.82, 2.24) is 15.1 Å². The first-order valence-electron chi connectivity index (χ1n) is 7.37. The molecule has 1 saturated carbocycles. The van der Waals surface area contributed by atoms with Crippen LogP contribution in [0, 0.1) is 6.92 Å². The summed E-state index contributed by atoms with van der Waals surface area (Å²) in [4.78, 5) is 14.9. The average molecular weight is 340 g/mol. The maximum Gasteiger partial charge on any atom is 0.256 e. The standard InChI is InChI=1S/C15H22BrN3O/c1-3-14-13(10-11(2)17-18-14)15(20)19(9-5-8-16)12-6-4-7-12/h10,12H,3-9H2,1-2H3. The Bertz CT molecular complexity index is 474. The first-order valence-corrected chi connectivity index (χ1v) is 8.49. The molecule has 110 valence electrons. The van der Waals surface area contributed by atoms with E-state index in [0.717, 1.165) is 54.5 Å². The van der Waals surface area contributed by atoms with Crippen molar-refractivity contribution < 1.29 is 4.79 Å². The van der Waals surface area contributed by atoms with Crippen molar-refractivity contribution in [3.05, 3.63) is 23.0 Å². The van der Waals surface area contributed by atoms with Crippen molar-refractivity contribution in [2.75, 3.05) is 11.9 Å². The molecule has 0 bridgehead atoms. The van der Waals surface area contributed by atoms with Crippen LogP contribution >= 0.6 is 15.9 Å². The van der Waals surface area contributed by atoms with E-state index in [1.54, 1.807) is 0 Å². The summed E-state index contributed by atoms with van der Waals surface area (Å²) in [6.07, 6.45) is 5.23. The maximum atomic E-state index is 12.9. The summed E-state index contributed by atoms with van der Waals surface area (Å²) >= 11 is 3.45. The lowest BCUT2D eigenvalue weighted by Crippen LogP contribution is -2.45. The van der Waals surface area contributed by atoms with E-state index in [-0.39, 0.29) is 5.91 Å². The summed E-state index contributed by atoms with van der Waals surface area (Å²) in [6, 6.07) is 2.30. The topological polar surface area (TPSA) is 46.1 Å². The van der Waals surface area contributed by atoms with Gasteiger partial charge in [0.1, 0.15) is 0 Å². The molecule has 0 radical (unpaired) electrons. The molecule has 1 aliphatic carbocycles. The summed E-state index contributed by atoms with van der Waals surface area (Å²) in [7, 11) is 0. The van der Waals surface area contributed by atoms with Crippen molar-refractivity contribution in [3.8, 4) is 0 Å². The van der Waals surface area contributed by atoms with E-state index in [0.29, 0.717) is 6.04 Å². The average Bonchev–Trinajstić information content (AvgIpc) is 2.40. The minimum atomic E-state index is 0.130. The van der Waals surface area contributed by atoms with Crippen molar-refractivity contribution in [3.63, 3.8) is 0 Å². The van der Waals surface area contributed by atoms with Crippen molar-refractivity contribution in [2.45, 2.75) is 52.0 Å². The summed E-state index contributed by atoms with van der Waals surface area (Å²) in [5.74, 6) is 0.130. The molecule has 1 fully saturated rings. The molecule has 0 atom stereocenters. The molecule has 1 aromatic rings. The van der Waals surface area contributed by atoms with Gasteiger partial charge in [-0.1, -0.05) is 22.9 Å². The number of hydrogen-bond acceptors (Lipinski definition) is 3. The third-order valence-corrected chi connectivity index (χ3v) is 4.43. The minimum Gasteiger partial charge on any atom is -0.336 e. The lowest BCUT2D eigenvalue weighted by molar-refractivity contribution is 0.0579. The van der Waals surface area contributed by atoms with Crippen LogP contribution in [0.4, 0.5) is 0 Å². The van der Waals surface area contributed by atoms with Gasteiger partial charge in [0.2, 0.25) is 0 Å². The summed E-state index contributed by atoms with van der Waals surface area (Å²) in [6.45, 7) is 4.72. The van der Waals surface area contributed by atoms with Crippen LogP contribution in [0.2, 0.25) is 0 Å². The van der Waals surface area contributed by atoms with E-state index in [4.69, 9.17) is 0 Å². The molecule has 1 amide bonds. The molecule has 0 saturated heterocycles. The number of carbonyl (C=O) groups is 1. The van der Waals surface area contributed by atoms with Gasteiger partial charge in [0.25, 0.3) is 5.91 Å². The lowest BCUT2D eigenvalue weighted by Gasteiger charge is -2.38. The normalized spacial score (nSPS) is 14.9. The monoisotopic (exact) mass is 339 g/mol. The molecule has 4 nitrogen and oxygen atoms in total. The molecule has 2 rings (SSSR count). The summed E-state index contributed by atoms with van der Waals surface area (Å²) < 4.78 is 0. The predicted molar refractivity (Wildman–Crippen MR) is 83.2 cm³/mol. The number of rotatable bonds is 6. The number of carbonyl (C=O) groups excluding carboxylic acids is 1. The van der Waals surface area contributed by atoms with E-state index in [9.17, 15) is 4.79 Å². The van der Waals surface area contributed by atoms with Crippen molar-refractivity contribution in [1.29, 1.82) is 0 Å². The number of halogens is 1. The van der Waals surface area contributed by atoms with Crippen LogP contribution in [-0.2, 0) is 6.42 Å². The SMILES string of the molecule is CCc1nnc(C)cc1C(=O)N(CCCBr)C1CCC1. The number of amides is 1. The van der Waals surface area contributed by atoms with Crippen LogP contribution in [0.1, 0.15) is 54.4 Å². The first-order chi connectivity index (χ1) is 9.67. The van der Waals surface area contributed by atoms with Gasteiger partial charge in [0.15, 0.2) is 0 Å². The second kappa shape index (κ2) is 7.16. The molecule has 0 aromatic carbocycles. The molecule has 0 N–H and O–H groups in total. The summed E-state index contributed by atoms with van der Waals surface area (Å²) in [5.41, 5.74) is 2.35. The van der Waals surface area contributed by atoms with Crippen LogP contribution in [0.15, 0.2) is 6.07 Å². The highest BCUT2D eigenvalue weighted by molar-refractivity contribution is 9.09. The molecule has 0 aliphatic heterocycles. The Hall–Kier alpha value is -0.970. The Balaban J connectivity index is 2.23. The number of aromatic nitrogens is 2. The Morgan fingerprint density at radius 3 is 2.75 bits per heavy atom. The number of nitrogens with zero attached hydrogens (tertiary/aromatic N) is 3. The van der Waals surface area contributed by atoms with E-state index >= 15 is 0 Å². The van der Waals surface area contributed by atoms with Gasteiger partial charge in [-0.2, -0.15) is 10.2 Å². The lowest BCUT2D eigenvalue weighted by atomic mass is 9.90. The molecule has 0 spiro atoms. The van der Waals surface area contributed by atoms with Crippen LogP contribution in [0.3, 0.4) is 0 Å². The fraction of sp³-hybridized carbons (Fsp3) is 0.667. The Kier molecular flexibility index (Phi) is 5.52. The smallest absolute Gasteiger partial charge is 0.256 e. The fourth-order valence-electron chi connectivity index (χ4n) is 2.49. The molecule has 1 aliphatic rings. The fourth-order valence-corrected chi connectivity index (χ4v) is 2.74. The van der Waals surface area contributed by atoms with E-state index in [2.05, 4.69) is 26.1 Å². The van der Waals surface area contributed by atoms with Crippen molar-refractivity contribution in [2.24, 2.45) is 0 Å². The highest BCUT2D eigenvalue weighted by Gasteiger charge is 2.30. The predicted octanol–water partition coefficient (Wildman–Crippen LogP) is 3.13. The van der Waals surface area contributed by atoms with E-state index in [1.165, 1.54) is 6.42 Å². The molecule has 1 aromatic heterocycles. The highest BCUT2D eigenvalue weighted by atomic mass is 79.9. The van der Waals surface area contributed by atoms with Gasteiger partial charge >= 0.3 is 0 Å². The van der Waals surface area contributed by atoms with Gasteiger partial charge < -0.3 is 4.90 Å². The quantitative estimate of drug-likeness (QED) is 0.748. The van der Waals surface area contributed by atoms with Gasteiger partial charge in [-0.15, -0.1) is 0 Å². The van der Waals surface area contributed by atoms with Crippen LogP contribution < -0.4 is 0 Å². The highest BCUT2D eigenvalue weighted by Crippen LogP contribution is 2.27. The largest absolute Gasteiger partial charge is 0.336 e. The van der Waals surface area contributed by atoms with Gasteiger partial charge in [0, 0.05) is 17.9 Å². The number of aryl methyl sites for hydroxylation is 2.